The van der Waals surface area contributed by atoms with E-state index in [1.807, 2.05) is 39.0 Å². The van der Waals surface area contributed by atoms with Gasteiger partial charge in [0.2, 0.25) is 5.95 Å². The van der Waals surface area contributed by atoms with Crippen molar-refractivity contribution in [1.82, 2.24) is 19.4 Å². The summed E-state index contributed by atoms with van der Waals surface area (Å²) in [5.74, 6) is 0.299. The molecule has 10 nitrogen and oxygen atoms in total. The third kappa shape index (κ3) is 6.24. The number of hydrogen-bond donors (Lipinski definition) is 2. The van der Waals surface area contributed by atoms with E-state index in [-0.39, 0.29) is 18.3 Å². The number of pyridine rings is 1. The Bertz CT molecular complexity index is 1640. The predicted octanol–water partition coefficient (Wildman–Crippen LogP) is 5.38. The van der Waals surface area contributed by atoms with E-state index in [1.165, 1.54) is 10.8 Å². The number of nitrogens with one attached hydrogen (secondary N) is 1. The van der Waals surface area contributed by atoms with Gasteiger partial charge in [-0.3, -0.25) is 9.36 Å². The molecule has 0 saturated carbocycles. The van der Waals surface area contributed by atoms with Gasteiger partial charge in [0.1, 0.15) is 5.60 Å². The lowest BCUT2D eigenvalue weighted by molar-refractivity contribution is 0.0240. The van der Waals surface area contributed by atoms with E-state index < -0.39 is 5.60 Å². The van der Waals surface area contributed by atoms with Gasteiger partial charge in [-0.15, -0.1) is 0 Å². The second-order valence-electron chi connectivity index (χ2n) is 10.6. The van der Waals surface area contributed by atoms with Gasteiger partial charge in [0.25, 0.3) is 5.56 Å². The highest BCUT2D eigenvalue weighted by Crippen LogP contribution is 2.29. The standard InChI is InChI=1S/C29H30Cl2N6O4/c1-29(2,3)41-28(40)36-13-11-35(12-14-36)24-8-7-19(15-18(24)17-38)33-27-32-16-20-23(34-27)9-10-37(26(20)39)25-21(30)5-4-6-22(25)31/h4-10,15-16,38H,11-14,17H2,1-3H3,(H,32,33,34). The average Bonchev–Trinajstić information content (AvgIpc) is 2.93. The summed E-state index contributed by atoms with van der Waals surface area (Å²) in [5.41, 5.74) is 2.26. The zero-order chi connectivity index (χ0) is 29.3. The van der Waals surface area contributed by atoms with Crippen molar-refractivity contribution in [1.29, 1.82) is 0 Å². The Kier molecular flexibility index (Phi) is 8.08. The molecule has 214 valence electrons. The van der Waals surface area contributed by atoms with E-state index in [9.17, 15) is 14.7 Å². The first-order valence-electron chi connectivity index (χ1n) is 13.1. The van der Waals surface area contributed by atoms with Crippen molar-refractivity contribution in [3.63, 3.8) is 0 Å². The number of amides is 1. The molecule has 0 spiro atoms. The van der Waals surface area contributed by atoms with Gasteiger partial charge in [-0.1, -0.05) is 29.3 Å². The highest BCUT2D eigenvalue weighted by Gasteiger charge is 2.26. The molecule has 0 atom stereocenters. The number of piperazine rings is 1. The molecule has 0 aliphatic carbocycles. The first kappa shape index (κ1) is 28.7. The minimum absolute atomic E-state index is 0.167. The topological polar surface area (TPSA) is 113 Å². The Hall–Kier alpha value is -3.86. The van der Waals surface area contributed by atoms with Crippen LogP contribution in [0.5, 0.6) is 0 Å². The smallest absolute Gasteiger partial charge is 0.410 e. The number of carbonyl (C=O) groups excluding carboxylic acids is 1. The number of hydrogen-bond acceptors (Lipinski definition) is 8. The molecule has 3 heterocycles. The molecule has 1 fully saturated rings. The molecule has 0 unspecified atom stereocenters. The van der Waals surface area contributed by atoms with Crippen molar-refractivity contribution in [2.45, 2.75) is 33.0 Å². The van der Waals surface area contributed by atoms with Gasteiger partial charge in [-0.2, -0.15) is 0 Å². The fraction of sp³-hybridized carbons (Fsp3) is 0.310. The van der Waals surface area contributed by atoms with Crippen LogP contribution in [0.25, 0.3) is 16.6 Å². The average molecular weight is 598 g/mol. The molecule has 2 aromatic heterocycles. The number of para-hydroxylation sites is 1. The first-order chi connectivity index (χ1) is 19.5. The number of rotatable bonds is 5. The van der Waals surface area contributed by atoms with Gasteiger partial charge in [0.15, 0.2) is 0 Å². The SMILES string of the molecule is CC(C)(C)OC(=O)N1CCN(c2ccc(Nc3ncc4c(=O)n(-c5c(Cl)cccc5Cl)ccc4n3)cc2CO)CC1. The van der Waals surface area contributed by atoms with Crippen LogP contribution < -0.4 is 15.8 Å². The van der Waals surface area contributed by atoms with Gasteiger partial charge < -0.3 is 25.0 Å². The summed E-state index contributed by atoms with van der Waals surface area (Å²) in [6, 6.07) is 12.4. The van der Waals surface area contributed by atoms with Crippen molar-refractivity contribution in [2.75, 3.05) is 36.4 Å². The zero-order valence-corrected chi connectivity index (χ0v) is 24.4. The summed E-state index contributed by atoms with van der Waals surface area (Å²) >= 11 is 12.6. The lowest BCUT2D eigenvalue weighted by Crippen LogP contribution is -2.50. The molecule has 41 heavy (non-hydrogen) atoms. The lowest BCUT2D eigenvalue weighted by Gasteiger charge is -2.37. The molecule has 0 radical (unpaired) electrons. The minimum Gasteiger partial charge on any atom is -0.444 e. The molecule has 12 heteroatoms. The number of benzene rings is 2. The first-order valence-corrected chi connectivity index (χ1v) is 13.9. The number of aromatic nitrogens is 3. The molecular weight excluding hydrogens is 567 g/mol. The number of nitrogens with zero attached hydrogens (tertiary/aromatic N) is 5. The maximum atomic E-state index is 13.2. The third-order valence-corrected chi connectivity index (χ3v) is 7.22. The van der Waals surface area contributed by atoms with Crippen LogP contribution in [-0.2, 0) is 11.3 Å². The Balaban J connectivity index is 1.32. The molecular formula is C29H30Cl2N6O4. The lowest BCUT2D eigenvalue weighted by atomic mass is 10.1. The summed E-state index contributed by atoms with van der Waals surface area (Å²) in [5, 5.41) is 14.3. The molecule has 4 aromatic rings. The van der Waals surface area contributed by atoms with Gasteiger partial charge in [0, 0.05) is 55.5 Å². The Labute approximate surface area is 247 Å². The van der Waals surface area contributed by atoms with Gasteiger partial charge in [-0.05, 0) is 57.2 Å². The molecule has 1 aliphatic heterocycles. The quantitative estimate of drug-likeness (QED) is 0.316. The van der Waals surface area contributed by atoms with E-state index in [0.717, 1.165) is 11.3 Å². The van der Waals surface area contributed by atoms with Crippen LogP contribution in [0, 0.1) is 0 Å². The van der Waals surface area contributed by atoms with E-state index in [4.69, 9.17) is 27.9 Å². The van der Waals surface area contributed by atoms with Crippen LogP contribution in [0.3, 0.4) is 0 Å². The number of aliphatic hydroxyl groups is 1. The highest BCUT2D eigenvalue weighted by atomic mass is 35.5. The summed E-state index contributed by atoms with van der Waals surface area (Å²) in [4.78, 5) is 38.3. The fourth-order valence-electron chi connectivity index (χ4n) is 4.67. The fourth-order valence-corrected chi connectivity index (χ4v) is 5.25. The maximum Gasteiger partial charge on any atom is 0.410 e. The van der Waals surface area contributed by atoms with Crippen LogP contribution in [-0.4, -0.2) is 62.4 Å². The van der Waals surface area contributed by atoms with Gasteiger partial charge in [0.05, 0.1) is 33.2 Å². The normalized spacial score (nSPS) is 13.9. The molecule has 1 aliphatic rings. The van der Waals surface area contributed by atoms with Crippen molar-refractivity contribution in [2.24, 2.45) is 0 Å². The number of fused-ring (bicyclic) bond motifs is 1. The molecule has 0 bridgehead atoms. The molecule has 1 amide bonds. The predicted molar refractivity (Wildman–Crippen MR) is 161 cm³/mol. The minimum atomic E-state index is -0.542. The van der Waals surface area contributed by atoms with Crippen molar-refractivity contribution < 1.29 is 14.6 Å². The number of ether oxygens (including phenoxy) is 1. The van der Waals surface area contributed by atoms with Gasteiger partial charge in [-0.25, -0.2) is 14.8 Å². The van der Waals surface area contributed by atoms with E-state index in [2.05, 4.69) is 20.2 Å². The Morgan fingerprint density at radius 2 is 1.78 bits per heavy atom. The molecule has 1 saturated heterocycles. The van der Waals surface area contributed by atoms with Crippen LogP contribution in [0.15, 0.2) is 59.7 Å². The summed E-state index contributed by atoms with van der Waals surface area (Å²) in [6.07, 6.45) is 2.72. The van der Waals surface area contributed by atoms with E-state index >= 15 is 0 Å². The largest absolute Gasteiger partial charge is 0.444 e. The van der Waals surface area contributed by atoms with E-state index in [1.54, 1.807) is 35.4 Å². The van der Waals surface area contributed by atoms with Crippen molar-refractivity contribution in [3.8, 4) is 5.69 Å². The number of halogens is 2. The molecule has 2 N–H and O–H groups in total. The highest BCUT2D eigenvalue weighted by molar-refractivity contribution is 6.37. The summed E-state index contributed by atoms with van der Waals surface area (Å²) < 4.78 is 6.86. The van der Waals surface area contributed by atoms with Crippen LogP contribution in [0.2, 0.25) is 10.0 Å². The second kappa shape index (κ2) is 11.6. The zero-order valence-electron chi connectivity index (χ0n) is 22.9. The van der Waals surface area contributed by atoms with Crippen LogP contribution in [0.1, 0.15) is 26.3 Å². The summed E-state index contributed by atoms with van der Waals surface area (Å²) in [6.45, 7) is 7.66. The number of anilines is 3. The Morgan fingerprint density at radius 3 is 2.44 bits per heavy atom. The monoisotopic (exact) mass is 596 g/mol. The maximum absolute atomic E-state index is 13.2. The van der Waals surface area contributed by atoms with Crippen LogP contribution in [0.4, 0.5) is 22.1 Å². The number of carbonyl (C=O) groups is 1. The Morgan fingerprint density at radius 1 is 1.07 bits per heavy atom. The van der Waals surface area contributed by atoms with Crippen molar-refractivity contribution >= 4 is 57.5 Å². The molecule has 5 rings (SSSR count). The summed E-state index contributed by atoms with van der Waals surface area (Å²) in [7, 11) is 0. The second-order valence-corrected chi connectivity index (χ2v) is 11.4. The third-order valence-electron chi connectivity index (χ3n) is 6.61. The van der Waals surface area contributed by atoms with Crippen LogP contribution >= 0.6 is 23.2 Å². The van der Waals surface area contributed by atoms with E-state index in [0.29, 0.717) is 64.5 Å². The number of aliphatic hydroxyl groups excluding tert-OH is 1. The van der Waals surface area contributed by atoms with Crippen molar-refractivity contribution in [3.05, 3.63) is 80.8 Å². The van der Waals surface area contributed by atoms with Gasteiger partial charge >= 0.3 is 6.09 Å². The molecule has 2 aromatic carbocycles.